The van der Waals surface area contributed by atoms with Crippen LogP contribution in [-0.4, -0.2) is 38.6 Å². The highest BCUT2D eigenvalue weighted by atomic mass is 19.1. The van der Waals surface area contributed by atoms with Crippen LogP contribution >= 0.6 is 0 Å². The number of piperidine rings is 1. The Hall–Kier alpha value is -1.13. The van der Waals surface area contributed by atoms with Gasteiger partial charge in [0.1, 0.15) is 5.82 Å². The maximum atomic E-state index is 14.2. The fourth-order valence-electron chi connectivity index (χ4n) is 2.94. The first-order valence-electron chi connectivity index (χ1n) is 7.42. The normalized spacial score (nSPS) is 18.6. The Balaban J connectivity index is 2.00. The molecule has 4 heteroatoms. The number of anilines is 1. The smallest absolute Gasteiger partial charge is 0.146 e. The minimum Gasteiger partial charge on any atom is -0.369 e. The Labute approximate surface area is 121 Å². The molecule has 20 heavy (non-hydrogen) atoms. The first kappa shape index (κ1) is 15.3. The molecule has 0 aliphatic carbocycles. The van der Waals surface area contributed by atoms with E-state index < -0.39 is 0 Å². The third kappa shape index (κ3) is 3.70. The molecule has 1 aromatic rings. The molecule has 0 radical (unpaired) electrons. The van der Waals surface area contributed by atoms with Gasteiger partial charge in [-0.3, -0.25) is 0 Å². The summed E-state index contributed by atoms with van der Waals surface area (Å²) in [6.45, 7) is 4.88. The van der Waals surface area contributed by atoms with Gasteiger partial charge in [-0.2, -0.15) is 0 Å². The predicted octanol–water partition coefficient (Wildman–Crippen LogP) is 2.62. The summed E-state index contributed by atoms with van der Waals surface area (Å²) < 4.78 is 14.2. The first-order chi connectivity index (χ1) is 9.47. The number of rotatable bonds is 4. The van der Waals surface area contributed by atoms with Gasteiger partial charge in [-0.05, 0) is 57.5 Å². The molecule has 0 amide bonds. The van der Waals surface area contributed by atoms with Crippen LogP contribution < -0.4 is 10.6 Å². The van der Waals surface area contributed by atoms with Gasteiger partial charge in [0.15, 0.2) is 0 Å². The zero-order chi connectivity index (χ0) is 14.7. The van der Waals surface area contributed by atoms with Crippen molar-refractivity contribution in [2.45, 2.75) is 25.8 Å². The van der Waals surface area contributed by atoms with E-state index in [9.17, 15) is 4.39 Å². The molecule has 0 spiro atoms. The predicted molar refractivity (Wildman–Crippen MR) is 82.5 cm³/mol. The highest BCUT2D eigenvalue weighted by Gasteiger charge is 2.21. The molecule has 0 saturated carbocycles. The van der Waals surface area contributed by atoms with Crippen molar-refractivity contribution in [2.75, 3.05) is 38.6 Å². The molecule has 1 aliphatic heterocycles. The Morgan fingerprint density at radius 3 is 2.50 bits per heavy atom. The summed E-state index contributed by atoms with van der Waals surface area (Å²) >= 11 is 0. The van der Waals surface area contributed by atoms with Crippen molar-refractivity contribution in [3.63, 3.8) is 0 Å². The van der Waals surface area contributed by atoms with Crippen molar-refractivity contribution in [3.8, 4) is 0 Å². The van der Waals surface area contributed by atoms with Crippen molar-refractivity contribution < 1.29 is 4.39 Å². The van der Waals surface area contributed by atoms with Crippen LogP contribution in [-0.2, 0) is 0 Å². The van der Waals surface area contributed by atoms with E-state index in [4.69, 9.17) is 5.73 Å². The topological polar surface area (TPSA) is 32.5 Å². The Morgan fingerprint density at radius 1 is 1.35 bits per heavy atom. The van der Waals surface area contributed by atoms with Gasteiger partial charge < -0.3 is 15.5 Å². The van der Waals surface area contributed by atoms with Crippen LogP contribution in [0.4, 0.5) is 10.1 Å². The van der Waals surface area contributed by atoms with Crippen LogP contribution in [0.25, 0.3) is 0 Å². The van der Waals surface area contributed by atoms with Crippen molar-refractivity contribution in [2.24, 2.45) is 11.7 Å². The van der Waals surface area contributed by atoms with Crippen LogP contribution in [0.2, 0.25) is 0 Å². The SMILES string of the molecule is CC(N)c1ccc(N2CCC(CN(C)C)CC2)c(F)c1. The lowest BCUT2D eigenvalue weighted by Gasteiger charge is -2.35. The average Bonchev–Trinajstić information content (AvgIpc) is 2.39. The Morgan fingerprint density at radius 2 is 2.00 bits per heavy atom. The lowest BCUT2D eigenvalue weighted by Crippen LogP contribution is -2.37. The fourth-order valence-corrected chi connectivity index (χ4v) is 2.94. The second-order valence-corrected chi connectivity index (χ2v) is 6.19. The minimum absolute atomic E-state index is 0.121. The highest BCUT2D eigenvalue weighted by molar-refractivity contribution is 5.49. The quantitative estimate of drug-likeness (QED) is 0.919. The largest absolute Gasteiger partial charge is 0.369 e. The second-order valence-electron chi connectivity index (χ2n) is 6.19. The summed E-state index contributed by atoms with van der Waals surface area (Å²) in [6.07, 6.45) is 2.26. The summed E-state index contributed by atoms with van der Waals surface area (Å²) in [5, 5.41) is 0. The van der Waals surface area contributed by atoms with E-state index in [0.717, 1.165) is 49.6 Å². The van der Waals surface area contributed by atoms with Crippen LogP contribution in [0.1, 0.15) is 31.4 Å². The molecule has 112 valence electrons. The number of hydrogen-bond donors (Lipinski definition) is 1. The van der Waals surface area contributed by atoms with Gasteiger partial charge in [-0.1, -0.05) is 6.07 Å². The van der Waals surface area contributed by atoms with E-state index >= 15 is 0 Å². The zero-order valence-electron chi connectivity index (χ0n) is 12.8. The lowest BCUT2D eigenvalue weighted by atomic mass is 9.95. The Bertz CT molecular complexity index is 437. The number of benzene rings is 1. The molecule has 1 aliphatic rings. The van der Waals surface area contributed by atoms with Crippen LogP contribution in [0, 0.1) is 11.7 Å². The van der Waals surface area contributed by atoms with Crippen molar-refractivity contribution in [3.05, 3.63) is 29.6 Å². The van der Waals surface area contributed by atoms with Crippen molar-refractivity contribution in [1.82, 2.24) is 4.90 Å². The third-order valence-electron chi connectivity index (χ3n) is 4.08. The number of nitrogens with two attached hydrogens (primary N) is 1. The maximum absolute atomic E-state index is 14.2. The van der Waals surface area contributed by atoms with Crippen molar-refractivity contribution >= 4 is 5.69 Å². The molecule has 1 saturated heterocycles. The molecule has 0 aromatic heterocycles. The van der Waals surface area contributed by atoms with E-state index in [1.54, 1.807) is 6.07 Å². The summed E-state index contributed by atoms with van der Waals surface area (Å²) in [5.41, 5.74) is 7.37. The van der Waals surface area contributed by atoms with Gasteiger partial charge in [-0.15, -0.1) is 0 Å². The highest BCUT2D eigenvalue weighted by Crippen LogP contribution is 2.27. The Kier molecular flexibility index (Phi) is 5.00. The molecule has 2 rings (SSSR count). The standard InChI is InChI=1S/C16H26FN3/c1-12(18)14-4-5-16(15(17)10-14)20-8-6-13(7-9-20)11-19(2)3/h4-5,10,12-13H,6-9,11,18H2,1-3H3. The monoisotopic (exact) mass is 279 g/mol. The van der Waals surface area contributed by atoms with E-state index in [2.05, 4.69) is 23.9 Å². The molecule has 1 aromatic carbocycles. The van der Waals surface area contributed by atoms with Crippen LogP contribution in [0.5, 0.6) is 0 Å². The third-order valence-corrected chi connectivity index (χ3v) is 4.08. The maximum Gasteiger partial charge on any atom is 0.146 e. The molecule has 2 N–H and O–H groups in total. The molecule has 1 heterocycles. The zero-order valence-corrected chi connectivity index (χ0v) is 12.8. The number of halogens is 1. The second kappa shape index (κ2) is 6.55. The van der Waals surface area contributed by atoms with E-state index in [1.807, 2.05) is 19.1 Å². The van der Waals surface area contributed by atoms with Crippen LogP contribution in [0.15, 0.2) is 18.2 Å². The summed E-state index contributed by atoms with van der Waals surface area (Å²) in [7, 11) is 4.22. The number of nitrogens with zero attached hydrogens (tertiary/aromatic N) is 2. The molecule has 1 fully saturated rings. The van der Waals surface area contributed by atoms with E-state index in [1.165, 1.54) is 0 Å². The molecular weight excluding hydrogens is 253 g/mol. The van der Waals surface area contributed by atoms with Gasteiger partial charge in [0.25, 0.3) is 0 Å². The summed E-state index contributed by atoms with van der Waals surface area (Å²) in [4.78, 5) is 4.39. The molecule has 0 bridgehead atoms. The van der Waals surface area contributed by atoms with E-state index in [0.29, 0.717) is 0 Å². The molecule has 1 unspecified atom stereocenters. The van der Waals surface area contributed by atoms with Gasteiger partial charge in [0.2, 0.25) is 0 Å². The first-order valence-corrected chi connectivity index (χ1v) is 7.42. The van der Waals surface area contributed by atoms with E-state index in [-0.39, 0.29) is 11.9 Å². The minimum atomic E-state index is -0.147. The van der Waals surface area contributed by atoms with Gasteiger partial charge in [0, 0.05) is 25.7 Å². The van der Waals surface area contributed by atoms with Gasteiger partial charge >= 0.3 is 0 Å². The molecule has 1 atom stereocenters. The molecular formula is C16H26FN3. The average molecular weight is 279 g/mol. The fraction of sp³-hybridized carbons (Fsp3) is 0.625. The van der Waals surface area contributed by atoms with Crippen LogP contribution in [0.3, 0.4) is 0 Å². The summed E-state index contributed by atoms with van der Waals surface area (Å²) in [6, 6.07) is 5.27. The lowest BCUT2D eigenvalue weighted by molar-refractivity contribution is 0.284. The van der Waals surface area contributed by atoms with Crippen molar-refractivity contribution in [1.29, 1.82) is 0 Å². The van der Waals surface area contributed by atoms with Gasteiger partial charge in [-0.25, -0.2) is 4.39 Å². The molecule has 3 nitrogen and oxygen atoms in total. The summed E-state index contributed by atoms with van der Waals surface area (Å²) in [5.74, 6) is 0.582. The number of hydrogen-bond acceptors (Lipinski definition) is 3. The van der Waals surface area contributed by atoms with Gasteiger partial charge in [0.05, 0.1) is 5.69 Å².